The Morgan fingerprint density at radius 3 is 2.43 bits per heavy atom. The number of likely N-dealkylation sites (tertiary alicyclic amines) is 1. The van der Waals surface area contributed by atoms with Gasteiger partial charge in [0.1, 0.15) is 0 Å². The standard InChI is InChI=1S/C29H29F3N2O3/c1-20(23-12-9-21(10-13-23)17-34-15-5-8-25(18-34)28(35)36)33-37-19-22-11-14-26(24-6-3-2-4-7-24)27(16-22)29(30,31)32/h2-4,6-7,9-14,16,25,33H,1,5,8,15,17-19H2,(H,35,36). The highest BCUT2D eigenvalue weighted by atomic mass is 19.4. The Hall–Kier alpha value is -3.62. The third kappa shape index (κ3) is 6.99. The zero-order chi connectivity index (χ0) is 26.4. The number of carboxylic acids is 1. The Morgan fingerprint density at radius 1 is 1.05 bits per heavy atom. The Bertz CT molecular complexity index is 1230. The van der Waals surface area contributed by atoms with E-state index < -0.39 is 17.7 Å². The van der Waals surface area contributed by atoms with Crippen LogP contribution in [-0.4, -0.2) is 29.1 Å². The van der Waals surface area contributed by atoms with Gasteiger partial charge in [-0.1, -0.05) is 73.3 Å². The van der Waals surface area contributed by atoms with Crippen LogP contribution in [0.3, 0.4) is 0 Å². The first-order valence-corrected chi connectivity index (χ1v) is 12.1. The number of hydrogen-bond acceptors (Lipinski definition) is 4. The highest BCUT2D eigenvalue weighted by molar-refractivity contribution is 5.70. The molecule has 0 spiro atoms. The minimum atomic E-state index is -4.50. The summed E-state index contributed by atoms with van der Waals surface area (Å²) in [5.74, 6) is -1.07. The molecule has 0 saturated carbocycles. The van der Waals surface area contributed by atoms with Gasteiger partial charge in [0.25, 0.3) is 0 Å². The maximum atomic E-state index is 13.7. The number of rotatable bonds is 9. The third-order valence-electron chi connectivity index (χ3n) is 6.47. The molecule has 37 heavy (non-hydrogen) atoms. The van der Waals surface area contributed by atoms with E-state index in [0.29, 0.717) is 36.3 Å². The molecule has 194 valence electrons. The van der Waals surface area contributed by atoms with E-state index in [2.05, 4.69) is 17.0 Å². The lowest BCUT2D eigenvalue weighted by Gasteiger charge is -2.30. The van der Waals surface area contributed by atoms with Crippen molar-refractivity contribution in [2.75, 3.05) is 13.1 Å². The van der Waals surface area contributed by atoms with Crippen molar-refractivity contribution in [1.29, 1.82) is 0 Å². The monoisotopic (exact) mass is 510 g/mol. The number of hydroxylamine groups is 1. The number of benzene rings is 3. The van der Waals surface area contributed by atoms with Crippen LogP contribution in [0.4, 0.5) is 13.2 Å². The topological polar surface area (TPSA) is 61.8 Å². The predicted molar refractivity (Wildman–Crippen MR) is 136 cm³/mol. The molecule has 8 heteroatoms. The number of halogens is 3. The summed E-state index contributed by atoms with van der Waals surface area (Å²) in [6.45, 7) is 5.96. The Balaban J connectivity index is 1.33. The van der Waals surface area contributed by atoms with Crippen molar-refractivity contribution in [3.8, 4) is 11.1 Å². The maximum Gasteiger partial charge on any atom is 0.417 e. The molecule has 0 bridgehead atoms. The lowest BCUT2D eigenvalue weighted by Crippen LogP contribution is -2.38. The van der Waals surface area contributed by atoms with Gasteiger partial charge >= 0.3 is 12.1 Å². The molecule has 1 atom stereocenters. The molecule has 1 fully saturated rings. The van der Waals surface area contributed by atoms with Crippen LogP contribution < -0.4 is 5.48 Å². The van der Waals surface area contributed by atoms with Crippen LogP contribution in [0.1, 0.15) is 35.1 Å². The number of nitrogens with one attached hydrogen (secondary N) is 1. The summed E-state index contributed by atoms with van der Waals surface area (Å²) < 4.78 is 41.2. The minimum Gasteiger partial charge on any atom is -0.481 e. The molecule has 0 radical (unpaired) electrons. The summed E-state index contributed by atoms with van der Waals surface area (Å²) in [4.78, 5) is 18.9. The fraction of sp³-hybridized carbons (Fsp3) is 0.276. The van der Waals surface area contributed by atoms with Crippen molar-refractivity contribution in [1.82, 2.24) is 10.4 Å². The van der Waals surface area contributed by atoms with E-state index >= 15 is 0 Å². The summed E-state index contributed by atoms with van der Waals surface area (Å²) in [7, 11) is 0. The van der Waals surface area contributed by atoms with Gasteiger partial charge in [0, 0.05) is 13.1 Å². The molecule has 1 heterocycles. The van der Waals surface area contributed by atoms with E-state index in [1.807, 2.05) is 24.3 Å². The summed E-state index contributed by atoms with van der Waals surface area (Å²) in [5.41, 5.74) is 5.32. The fourth-order valence-electron chi connectivity index (χ4n) is 4.52. The van der Waals surface area contributed by atoms with Crippen molar-refractivity contribution >= 4 is 11.7 Å². The number of piperidine rings is 1. The quantitative estimate of drug-likeness (QED) is 0.328. The van der Waals surface area contributed by atoms with Gasteiger partial charge in [0.05, 0.1) is 23.8 Å². The van der Waals surface area contributed by atoms with Crippen LogP contribution in [0, 0.1) is 5.92 Å². The van der Waals surface area contributed by atoms with E-state index in [1.165, 1.54) is 6.07 Å². The highest BCUT2D eigenvalue weighted by Crippen LogP contribution is 2.37. The second-order valence-electron chi connectivity index (χ2n) is 9.22. The van der Waals surface area contributed by atoms with Gasteiger partial charge in [0.2, 0.25) is 0 Å². The van der Waals surface area contributed by atoms with Gasteiger partial charge in [-0.25, -0.2) is 0 Å². The van der Waals surface area contributed by atoms with Crippen LogP contribution in [0.5, 0.6) is 0 Å². The molecular formula is C29H29F3N2O3. The highest BCUT2D eigenvalue weighted by Gasteiger charge is 2.34. The first kappa shape index (κ1) is 26.4. The molecule has 3 aromatic rings. The molecule has 1 unspecified atom stereocenters. The number of nitrogens with zero attached hydrogens (tertiary/aromatic N) is 1. The Morgan fingerprint density at radius 2 is 1.76 bits per heavy atom. The largest absolute Gasteiger partial charge is 0.481 e. The molecule has 2 N–H and O–H groups in total. The van der Waals surface area contributed by atoms with Gasteiger partial charge in [-0.3, -0.25) is 20.0 Å². The Labute approximate surface area is 214 Å². The molecule has 3 aromatic carbocycles. The molecular weight excluding hydrogens is 481 g/mol. The van der Waals surface area contributed by atoms with Gasteiger partial charge in [-0.05, 0) is 53.3 Å². The smallest absolute Gasteiger partial charge is 0.417 e. The van der Waals surface area contributed by atoms with E-state index in [9.17, 15) is 23.1 Å². The summed E-state index contributed by atoms with van der Waals surface area (Å²) >= 11 is 0. The first-order valence-electron chi connectivity index (χ1n) is 12.1. The van der Waals surface area contributed by atoms with Crippen LogP contribution in [0.15, 0.2) is 79.4 Å². The summed E-state index contributed by atoms with van der Waals surface area (Å²) in [5, 5.41) is 9.27. The van der Waals surface area contributed by atoms with Crippen LogP contribution in [0.25, 0.3) is 16.8 Å². The zero-order valence-corrected chi connectivity index (χ0v) is 20.3. The molecule has 0 aliphatic carbocycles. The minimum absolute atomic E-state index is 0.0744. The van der Waals surface area contributed by atoms with Crippen molar-refractivity contribution in [2.24, 2.45) is 5.92 Å². The van der Waals surface area contributed by atoms with Crippen molar-refractivity contribution in [2.45, 2.75) is 32.2 Å². The summed E-state index contributed by atoms with van der Waals surface area (Å²) in [6, 6.07) is 20.3. The molecule has 1 saturated heterocycles. The molecule has 1 aliphatic rings. The molecule has 0 aromatic heterocycles. The molecule has 1 aliphatic heterocycles. The van der Waals surface area contributed by atoms with E-state index in [0.717, 1.165) is 30.2 Å². The number of alkyl halides is 3. The second-order valence-corrected chi connectivity index (χ2v) is 9.22. The average Bonchev–Trinajstić information content (AvgIpc) is 2.89. The second kappa shape index (κ2) is 11.6. The van der Waals surface area contributed by atoms with E-state index in [1.54, 1.807) is 36.4 Å². The van der Waals surface area contributed by atoms with Crippen molar-refractivity contribution < 1.29 is 27.9 Å². The van der Waals surface area contributed by atoms with Gasteiger partial charge in [-0.2, -0.15) is 13.2 Å². The lowest BCUT2D eigenvalue weighted by atomic mass is 9.97. The van der Waals surface area contributed by atoms with Crippen molar-refractivity contribution in [3.63, 3.8) is 0 Å². The van der Waals surface area contributed by atoms with Crippen LogP contribution in [0.2, 0.25) is 0 Å². The lowest BCUT2D eigenvalue weighted by molar-refractivity contribution is -0.143. The van der Waals surface area contributed by atoms with Crippen molar-refractivity contribution in [3.05, 3.63) is 102 Å². The molecule has 0 amide bonds. The zero-order valence-electron chi connectivity index (χ0n) is 20.3. The molecule has 5 nitrogen and oxygen atoms in total. The Kier molecular flexibility index (Phi) is 8.31. The SMILES string of the molecule is C=C(NOCc1ccc(-c2ccccc2)c(C(F)(F)F)c1)c1ccc(CN2CCCC(C(=O)O)C2)cc1. The number of aliphatic carboxylic acids is 1. The van der Waals surface area contributed by atoms with E-state index in [-0.39, 0.29) is 18.1 Å². The van der Waals surface area contributed by atoms with Gasteiger partial charge in [-0.15, -0.1) is 0 Å². The van der Waals surface area contributed by atoms with Gasteiger partial charge in [0.15, 0.2) is 0 Å². The normalized spacial score (nSPS) is 16.4. The van der Waals surface area contributed by atoms with Crippen LogP contribution >= 0.6 is 0 Å². The average molecular weight is 511 g/mol. The fourth-order valence-corrected chi connectivity index (χ4v) is 4.52. The molecule has 4 rings (SSSR count). The van der Waals surface area contributed by atoms with Crippen LogP contribution in [-0.2, 0) is 29.0 Å². The third-order valence-corrected chi connectivity index (χ3v) is 6.47. The predicted octanol–water partition coefficient (Wildman–Crippen LogP) is 6.36. The first-order chi connectivity index (χ1) is 17.7. The summed E-state index contributed by atoms with van der Waals surface area (Å²) in [6.07, 6.45) is -2.92. The van der Waals surface area contributed by atoms with E-state index in [4.69, 9.17) is 4.84 Å². The van der Waals surface area contributed by atoms with Gasteiger partial charge < -0.3 is 5.11 Å². The number of carbonyl (C=O) groups is 1. The number of carboxylic acid groups (broad SMARTS) is 1. The number of hydrogen-bond donors (Lipinski definition) is 2. The maximum absolute atomic E-state index is 13.7.